The normalized spacial score (nSPS) is 15.4. The molecule has 0 aromatic heterocycles. The molecule has 18 heteroatoms. The number of amides is 2. The van der Waals surface area contributed by atoms with Gasteiger partial charge in [-0.05, 0) is 83.9 Å². The van der Waals surface area contributed by atoms with E-state index in [1.807, 2.05) is 0 Å². The van der Waals surface area contributed by atoms with E-state index in [0.29, 0.717) is 60.8 Å². The quantitative estimate of drug-likeness (QED) is 0.178. The van der Waals surface area contributed by atoms with Crippen LogP contribution in [0.2, 0.25) is 0 Å². The van der Waals surface area contributed by atoms with Gasteiger partial charge in [-0.25, -0.2) is 16.8 Å². The Hall–Kier alpha value is -5.24. The number of sulfonamides is 2. The van der Waals surface area contributed by atoms with Gasteiger partial charge in [0.1, 0.15) is 23.0 Å². The summed E-state index contributed by atoms with van der Waals surface area (Å²) in [5.74, 6) is 0.506. The first-order valence-corrected chi connectivity index (χ1v) is 20.4. The average molecular weight is 811 g/mol. The van der Waals surface area contributed by atoms with E-state index in [1.54, 1.807) is 36.4 Å². The van der Waals surface area contributed by atoms with Crippen molar-refractivity contribution >= 4 is 43.2 Å². The second kappa shape index (κ2) is 18.1. The Labute approximate surface area is 325 Å². The Morgan fingerprint density at radius 1 is 0.571 bits per heavy atom. The molecule has 2 heterocycles. The molecule has 2 saturated heterocycles. The first-order valence-electron chi connectivity index (χ1n) is 17.6. The van der Waals surface area contributed by atoms with Gasteiger partial charge >= 0.3 is 0 Å². The Morgan fingerprint density at radius 2 is 0.929 bits per heavy atom. The van der Waals surface area contributed by atoms with Gasteiger partial charge < -0.3 is 39.1 Å². The fraction of sp³-hybridized carbons (Fsp3) is 0.316. The lowest BCUT2D eigenvalue weighted by Gasteiger charge is -2.26. The minimum atomic E-state index is -3.65. The molecule has 0 atom stereocenters. The maximum atomic E-state index is 12.9. The maximum absolute atomic E-state index is 12.9. The van der Waals surface area contributed by atoms with E-state index in [1.165, 1.54) is 71.4 Å². The van der Waals surface area contributed by atoms with Gasteiger partial charge in [-0.15, -0.1) is 0 Å². The van der Waals surface area contributed by atoms with E-state index in [9.17, 15) is 26.4 Å². The minimum Gasteiger partial charge on any atom is -0.495 e. The predicted octanol–water partition coefficient (Wildman–Crippen LogP) is 3.45. The second-order valence-corrected chi connectivity index (χ2v) is 16.4. The third-order valence-electron chi connectivity index (χ3n) is 8.89. The van der Waals surface area contributed by atoms with Crippen LogP contribution in [0.3, 0.4) is 0 Å². The molecular weight excluding hydrogens is 769 g/mol. The van der Waals surface area contributed by atoms with E-state index >= 15 is 0 Å². The number of hydrogen-bond acceptors (Lipinski definition) is 12. The van der Waals surface area contributed by atoms with Crippen LogP contribution in [0, 0.1) is 0 Å². The summed E-state index contributed by atoms with van der Waals surface area (Å²) < 4.78 is 87.0. The Bertz CT molecular complexity index is 2060. The van der Waals surface area contributed by atoms with Crippen LogP contribution >= 0.6 is 0 Å². The molecule has 2 aliphatic rings. The molecule has 0 spiro atoms. The van der Waals surface area contributed by atoms with Crippen LogP contribution < -0.4 is 29.6 Å². The zero-order valence-corrected chi connectivity index (χ0v) is 32.4. The van der Waals surface area contributed by atoms with E-state index in [-0.39, 0.29) is 49.2 Å². The van der Waals surface area contributed by atoms with E-state index in [4.69, 9.17) is 28.4 Å². The molecule has 2 amide bonds. The topological polar surface area (TPSA) is 188 Å². The summed E-state index contributed by atoms with van der Waals surface area (Å²) in [4.78, 5) is 25.8. The van der Waals surface area contributed by atoms with Crippen LogP contribution in [0.5, 0.6) is 23.0 Å². The molecule has 0 unspecified atom stereocenters. The van der Waals surface area contributed by atoms with Gasteiger partial charge in [-0.3, -0.25) is 9.59 Å². The molecule has 0 bridgehead atoms. The third-order valence-corrected chi connectivity index (χ3v) is 12.7. The largest absolute Gasteiger partial charge is 0.495 e. The van der Waals surface area contributed by atoms with Crippen molar-refractivity contribution in [3.8, 4) is 34.1 Å². The predicted molar refractivity (Wildman–Crippen MR) is 205 cm³/mol. The van der Waals surface area contributed by atoms with Crippen molar-refractivity contribution < 1.29 is 54.8 Å². The summed E-state index contributed by atoms with van der Waals surface area (Å²) in [6.45, 7) is 1.88. The molecule has 2 aliphatic heterocycles. The molecule has 0 aliphatic carbocycles. The number of methoxy groups -OCH3 is 2. The summed E-state index contributed by atoms with van der Waals surface area (Å²) in [7, 11) is -4.36. The zero-order valence-electron chi connectivity index (χ0n) is 30.8. The lowest BCUT2D eigenvalue weighted by atomic mass is 10.0. The fourth-order valence-electron chi connectivity index (χ4n) is 5.91. The van der Waals surface area contributed by atoms with Crippen LogP contribution in [0.25, 0.3) is 11.1 Å². The highest BCUT2D eigenvalue weighted by atomic mass is 32.2. The minimum absolute atomic E-state index is 0.129. The summed E-state index contributed by atoms with van der Waals surface area (Å²) >= 11 is 0. The number of nitrogens with one attached hydrogen (secondary N) is 2. The highest BCUT2D eigenvalue weighted by molar-refractivity contribution is 7.89. The van der Waals surface area contributed by atoms with Crippen molar-refractivity contribution in [2.75, 3.05) is 90.7 Å². The molecule has 2 N–H and O–H groups in total. The number of ether oxygens (including phenoxy) is 6. The van der Waals surface area contributed by atoms with Gasteiger partial charge in [0.2, 0.25) is 20.0 Å². The molecule has 0 saturated carbocycles. The van der Waals surface area contributed by atoms with Gasteiger partial charge in [0.15, 0.2) is 13.2 Å². The number of anilines is 2. The van der Waals surface area contributed by atoms with Gasteiger partial charge in [0.05, 0.1) is 61.8 Å². The first kappa shape index (κ1) is 40.4. The maximum Gasteiger partial charge on any atom is 0.262 e. The number of nitrogens with zero attached hydrogens (tertiary/aromatic N) is 2. The summed E-state index contributed by atoms with van der Waals surface area (Å²) in [6.07, 6.45) is 0. The van der Waals surface area contributed by atoms with Crippen molar-refractivity contribution in [1.29, 1.82) is 0 Å². The van der Waals surface area contributed by atoms with Gasteiger partial charge in [-0.1, -0.05) is 12.1 Å². The van der Waals surface area contributed by atoms with Crippen LogP contribution in [-0.2, 0) is 39.1 Å². The molecule has 4 aromatic carbocycles. The SMILES string of the molecule is COc1cc(-c2ccc(NC(=O)COc3ccc(S(=O)(=O)N4CCOCC4)cc3)c(OC)c2)ccc1NC(=O)COc1ccc(S(=O)(=O)N2CCOCC2)cc1. The highest BCUT2D eigenvalue weighted by Gasteiger charge is 2.27. The van der Waals surface area contributed by atoms with Crippen LogP contribution in [0.4, 0.5) is 11.4 Å². The Balaban J connectivity index is 1.01. The van der Waals surface area contributed by atoms with Crippen molar-refractivity contribution in [3.63, 3.8) is 0 Å². The molecule has 56 heavy (non-hydrogen) atoms. The van der Waals surface area contributed by atoms with Crippen molar-refractivity contribution in [2.24, 2.45) is 0 Å². The monoisotopic (exact) mass is 810 g/mol. The Morgan fingerprint density at radius 3 is 1.27 bits per heavy atom. The lowest BCUT2D eigenvalue weighted by Crippen LogP contribution is -2.40. The summed E-state index contributed by atoms with van der Waals surface area (Å²) in [5, 5.41) is 5.54. The smallest absolute Gasteiger partial charge is 0.262 e. The molecule has 6 rings (SSSR count). The van der Waals surface area contributed by atoms with Crippen molar-refractivity contribution in [3.05, 3.63) is 84.9 Å². The Kier molecular flexibility index (Phi) is 13.1. The number of benzene rings is 4. The number of morpholine rings is 2. The number of carbonyl (C=O) groups is 2. The van der Waals surface area contributed by atoms with E-state index in [0.717, 1.165) is 11.1 Å². The molecule has 4 aromatic rings. The van der Waals surface area contributed by atoms with Crippen molar-refractivity contribution in [1.82, 2.24) is 8.61 Å². The molecule has 298 valence electrons. The third kappa shape index (κ3) is 9.76. The van der Waals surface area contributed by atoms with E-state index in [2.05, 4.69) is 10.6 Å². The summed E-state index contributed by atoms with van der Waals surface area (Å²) in [5.41, 5.74) is 2.28. The molecular formula is C38H42N4O12S2. The standard InChI is InChI=1S/C38H42N4O12S2/c1-49-35-23-27(3-13-33(35)39-37(43)25-53-29-5-9-31(10-6-29)55(45,46)41-15-19-51-20-16-41)28-4-14-34(36(24-28)50-2)40-38(44)26-54-30-7-11-32(12-8-30)56(47,48)42-17-21-52-22-18-42/h3-14,23-24H,15-22,25-26H2,1-2H3,(H,39,43)(H,40,44). The molecule has 0 radical (unpaired) electrons. The van der Waals surface area contributed by atoms with Crippen LogP contribution in [0.15, 0.2) is 94.7 Å². The summed E-state index contributed by atoms with van der Waals surface area (Å²) in [6, 6.07) is 22.2. The van der Waals surface area contributed by atoms with Crippen molar-refractivity contribution in [2.45, 2.75) is 9.79 Å². The van der Waals surface area contributed by atoms with Crippen LogP contribution in [0.1, 0.15) is 0 Å². The number of carbonyl (C=O) groups excluding carboxylic acids is 2. The zero-order chi connectivity index (χ0) is 39.7. The molecule has 2 fully saturated rings. The average Bonchev–Trinajstić information content (AvgIpc) is 3.23. The van der Waals surface area contributed by atoms with Gasteiger partial charge in [0.25, 0.3) is 11.8 Å². The van der Waals surface area contributed by atoms with E-state index < -0.39 is 31.9 Å². The van der Waals surface area contributed by atoms with Gasteiger partial charge in [0, 0.05) is 26.2 Å². The second-order valence-electron chi connectivity index (χ2n) is 12.5. The fourth-order valence-corrected chi connectivity index (χ4v) is 8.72. The number of hydrogen-bond donors (Lipinski definition) is 2. The highest BCUT2D eigenvalue weighted by Crippen LogP contribution is 2.35. The number of rotatable bonds is 15. The lowest BCUT2D eigenvalue weighted by molar-refractivity contribution is -0.118. The van der Waals surface area contributed by atoms with Gasteiger partial charge in [-0.2, -0.15) is 8.61 Å². The van der Waals surface area contributed by atoms with Crippen LogP contribution in [-0.4, -0.2) is 117 Å². The first-order chi connectivity index (χ1) is 27.0. The molecule has 16 nitrogen and oxygen atoms in total.